The average Bonchev–Trinajstić information content (AvgIpc) is 3.33. The summed E-state index contributed by atoms with van der Waals surface area (Å²) in [5.74, 6) is -1.31. The fourth-order valence-corrected chi connectivity index (χ4v) is 5.45. The molecule has 33 heavy (non-hydrogen) atoms. The number of rotatable bonds is 9. The maximum Gasteiger partial charge on any atom is 0.338 e. The third-order valence-electron chi connectivity index (χ3n) is 5.25. The molecule has 10 heteroatoms. The molecule has 8 nitrogen and oxygen atoms in total. The van der Waals surface area contributed by atoms with E-state index in [-0.39, 0.29) is 21.4 Å². The highest BCUT2D eigenvalue weighted by Crippen LogP contribution is 2.28. The lowest BCUT2D eigenvalue weighted by Crippen LogP contribution is -2.28. The van der Waals surface area contributed by atoms with E-state index in [2.05, 4.69) is 5.32 Å². The zero-order valence-electron chi connectivity index (χ0n) is 18.2. The number of ether oxygens (including phenoxy) is 1. The van der Waals surface area contributed by atoms with Crippen LogP contribution in [-0.4, -0.2) is 56.6 Å². The van der Waals surface area contributed by atoms with Gasteiger partial charge in [-0.2, -0.15) is 4.31 Å². The molecule has 1 aliphatic rings. The van der Waals surface area contributed by atoms with E-state index in [0.717, 1.165) is 18.4 Å². The summed E-state index contributed by atoms with van der Waals surface area (Å²) in [6.45, 7) is 2.28. The Kier molecular flexibility index (Phi) is 8.23. The molecule has 1 saturated heterocycles. The second kappa shape index (κ2) is 10.9. The fourth-order valence-electron chi connectivity index (χ4n) is 3.43. The Morgan fingerprint density at radius 2 is 1.67 bits per heavy atom. The highest BCUT2D eigenvalue weighted by molar-refractivity contribution is 7.89. The lowest BCUT2D eigenvalue weighted by Gasteiger charge is -2.17. The van der Waals surface area contributed by atoms with Crippen molar-refractivity contribution in [2.24, 2.45) is 0 Å². The Balaban J connectivity index is 1.61. The maximum atomic E-state index is 12.8. The van der Waals surface area contributed by atoms with Crippen LogP contribution in [0.3, 0.4) is 0 Å². The van der Waals surface area contributed by atoms with Crippen LogP contribution in [0.4, 0.5) is 0 Å². The van der Waals surface area contributed by atoms with Gasteiger partial charge in [0.2, 0.25) is 15.9 Å². The molecule has 176 valence electrons. The van der Waals surface area contributed by atoms with Crippen LogP contribution in [0.25, 0.3) is 0 Å². The van der Waals surface area contributed by atoms with E-state index in [9.17, 15) is 22.8 Å². The lowest BCUT2D eigenvalue weighted by atomic mass is 10.1. The third kappa shape index (κ3) is 6.40. The lowest BCUT2D eigenvalue weighted by molar-refractivity contribution is -0.118. The smallest absolute Gasteiger partial charge is 0.338 e. The summed E-state index contributed by atoms with van der Waals surface area (Å²) < 4.78 is 32.1. The summed E-state index contributed by atoms with van der Waals surface area (Å²) in [6.07, 6.45) is 2.18. The Morgan fingerprint density at radius 3 is 2.30 bits per heavy atom. The monoisotopic (exact) mass is 492 g/mol. The molecule has 1 N–H and O–H groups in total. The first kappa shape index (κ1) is 24.9. The van der Waals surface area contributed by atoms with Crippen LogP contribution >= 0.6 is 11.6 Å². The highest BCUT2D eigenvalue weighted by Gasteiger charge is 2.30. The molecule has 3 rings (SSSR count). The second-order valence-electron chi connectivity index (χ2n) is 7.69. The van der Waals surface area contributed by atoms with Crippen molar-refractivity contribution in [3.63, 3.8) is 0 Å². The Bertz CT molecular complexity index is 1140. The number of carbonyl (C=O) groups is 3. The van der Waals surface area contributed by atoms with Crippen molar-refractivity contribution < 1.29 is 27.5 Å². The van der Waals surface area contributed by atoms with Gasteiger partial charge in [0.25, 0.3) is 0 Å². The molecule has 0 spiro atoms. The number of nitrogens with zero attached hydrogens (tertiary/aromatic N) is 1. The zero-order valence-corrected chi connectivity index (χ0v) is 19.7. The molecule has 1 amide bonds. The minimum atomic E-state index is -3.81. The van der Waals surface area contributed by atoms with Crippen molar-refractivity contribution in [2.75, 3.05) is 26.2 Å². The Morgan fingerprint density at radius 1 is 1.03 bits per heavy atom. The summed E-state index contributed by atoms with van der Waals surface area (Å²) in [6, 6.07) is 10.7. The van der Waals surface area contributed by atoms with Crippen molar-refractivity contribution in [3.8, 4) is 0 Å². The van der Waals surface area contributed by atoms with Gasteiger partial charge in [-0.05, 0) is 43.0 Å². The largest absolute Gasteiger partial charge is 0.454 e. The number of hydrogen-bond acceptors (Lipinski definition) is 6. The van der Waals surface area contributed by atoms with Gasteiger partial charge in [-0.25, -0.2) is 13.2 Å². The summed E-state index contributed by atoms with van der Waals surface area (Å²) in [7, 11) is -3.81. The van der Waals surface area contributed by atoms with E-state index < -0.39 is 28.4 Å². The number of sulfonamides is 1. The van der Waals surface area contributed by atoms with E-state index in [0.29, 0.717) is 31.6 Å². The van der Waals surface area contributed by atoms with Gasteiger partial charge in [0.15, 0.2) is 12.4 Å². The summed E-state index contributed by atoms with van der Waals surface area (Å²) in [4.78, 5) is 35.6. The molecule has 0 aromatic heterocycles. The highest BCUT2D eigenvalue weighted by atomic mass is 35.5. The van der Waals surface area contributed by atoms with Gasteiger partial charge in [0, 0.05) is 32.1 Å². The van der Waals surface area contributed by atoms with Gasteiger partial charge in [0.05, 0.1) is 10.6 Å². The van der Waals surface area contributed by atoms with Crippen LogP contribution in [0, 0.1) is 0 Å². The molecule has 0 saturated carbocycles. The van der Waals surface area contributed by atoms with Crippen molar-refractivity contribution >= 4 is 39.3 Å². The van der Waals surface area contributed by atoms with E-state index in [1.165, 1.54) is 29.4 Å². The molecule has 1 fully saturated rings. The minimum absolute atomic E-state index is 0.00158. The number of hydrogen-bond donors (Lipinski definition) is 1. The summed E-state index contributed by atoms with van der Waals surface area (Å²) in [5, 5.41) is 2.72. The van der Waals surface area contributed by atoms with Crippen molar-refractivity contribution in [1.29, 1.82) is 0 Å². The second-order valence-corrected chi connectivity index (χ2v) is 10.00. The Hall–Kier alpha value is -2.75. The van der Waals surface area contributed by atoms with E-state index in [1.807, 2.05) is 0 Å². The molecule has 2 aromatic rings. The van der Waals surface area contributed by atoms with Crippen LogP contribution in [0.2, 0.25) is 5.02 Å². The van der Waals surface area contributed by atoms with Gasteiger partial charge in [-0.3, -0.25) is 9.59 Å². The number of esters is 1. The number of Topliss-reactive ketones (excluding diaryl/α,β-unsaturated/α-hetero) is 1. The molecule has 1 heterocycles. The standard InChI is InChI=1S/C23H25ClN2O6S/c1-16(27)25-11-10-17-4-6-18(7-5-17)21(28)15-32-23(29)19-8-9-20(24)22(14-19)33(30,31)26-12-2-3-13-26/h4-9,14H,2-3,10-13,15H2,1H3,(H,25,27). The predicted octanol–water partition coefficient (Wildman–Crippen LogP) is 2.84. The first-order valence-electron chi connectivity index (χ1n) is 10.5. The Labute approximate surface area is 197 Å². The number of amides is 1. The van der Waals surface area contributed by atoms with Crippen molar-refractivity contribution in [3.05, 3.63) is 64.2 Å². The van der Waals surface area contributed by atoms with Gasteiger partial charge in [-0.15, -0.1) is 0 Å². The molecule has 0 radical (unpaired) electrons. The number of nitrogens with one attached hydrogen (secondary N) is 1. The molecule has 1 aliphatic heterocycles. The van der Waals surface area contributed by atoms with Gasteiger partial charge < -0.3 is 10.1 Å². The molecular formula is C23H25ClN2O6S. The van der Waals surface area contributed by atoms with Gasteiger partial charge in [-0.1, -0.05) is 35.9 Å². The maximum absolute atomic E-state index is 12.8. The first-order valence-corrected chi connectivity index (χ1v) is 12.3. The third-order valence-corrected chi connectivity index (χ3v) is 7.63. The normalized spacial score (nSPS) is 14.1. The van der Waals surface area contributed by atoms with Crippen LogP contribution in [-0.2, 0) is 26.0 Å². The average molecular weight is 493 g/mol. The zero-order chi connectivity index (χ0) is 24.0. The first-order chi connectivity index (χ1) is 15.7. The van der Waals surface area contributed by atoms with Gasteiger partial charge in [0.1, 0.15) is 4.90 Å². The SMILES string of the molecule is CC(=O)NCCc1ccc(C(=O)COC(=O)c2ccc(Cl)c(S(=O)(=O)N3CCCC3)c2)cc1. The van der Waals surface area contributed by atoms with Crippen LogP contribution in [0.15, 0.2) is 47.4 Å². The minimum Gasteiger partial charge on any atom is -0.454 e. The number of halogens is 1. The molecule has 2 aromatic carbocycles. The fraction of sp³-hybridized carbons (Fsp3) is 0.348. The molecular weight excluding hydrogens is 468 g/mol. The molecule has 0 bridgehead atoms. The van der Waals surface area contributed by atoms with E-state index in [4.69, 9.17) is 16.3 Å². The predicted molar refractivity (Wildman–Crippen MR) is 123 cm³/mol. The van der Waals surface area contributed by atoms with Crippen LogP contribution < -0.4 is 5.32 Å². The molecule has 0 unspecified atom stereocenters. The van der Waals surface area contributed by atoms with Crippen molar-refractivity contribution in [1.82, 2.24) is 9.62 Å². The summed E-state index contributed by atoms with van der Waals surface area (Å²) in [5.41, 5.74) is 1.32. The van der Waals surface area contributed by atoms with Gasteiger partial charge >= 0.3 is 5.97 Å². The van der Waals surface area contributed by atoms with E-state index >= 15 is 0 Å². The summed E-state index contributed by atoms with van der Waals surface area (Å²) >= 11 is 6.10. The van der Waals surface area contributed by atoms with Crippen LogP contribution in [0.5, 0.6) is 0 Å². The van der Waals surface area contributed by atoms with Crippen molar-refractivity contribution in [2.45, 2.75) is 31.1 Å². The molecule has 0 aliphatic carbocycles. The topological polar surface area (TPSA) is 110 Å². The number of benzene rings is 2. The number of carbonyl (C=O) groups excluding carboxylic acids is 3. The molecule has 0 atom stereocenters. The van der Waals surface area contributed by atoms with Crippen LogP contribution in [0.1, 0.15) is 46.0 Å². The van der Waals surface area contributed by atoms with E-state index in [1.54, 1.807) is 24.3 Å². The number of ketones is 1. The quantitative estimate of drug-likeness (QED) is 0.426.